The van der Waals surface area contributed by atoms with Crippen LogP contribution in [0.4, 0.5) is 0 Å². The average Bonchev–Trinajstić information content (AvgIpc) is 2.80. The van der Waals surface area contributed by atoms with Gasteiger partial charge in [0.2, 0.25) is 0 Å². The van der Waals surface area contributed by atoms with Crippen LogP contribution in [-0.2, 0) is 14.3 Å². The number of aliphatic hydroxyl groups excluding tert-OH is 3. The minimum absolute atomic E-state index is 0.0192. The Morgan fingerprint density at radius 2 is 1.90 bits per heavy atom. The fraction of sp³-hybridized carbons (Fsp3) is 0.933. The van der Waals surface area contributed by atoms with Crippen LogP contribution >= 0.6 is 0 Å². The van der Waals surface area contributed by atoms with E-state index in [9.17, 15) is 20.1 Å². The molecule has 1 rings (SSSR count). The van der Waals surface area contributed by atoms with E-state index in [1.165, 1.54) is 19.3 Å². The number of hydrogen-bond acceptors (Lipinski definition) is 6. The summed E-state index contributed by atoms with van der Waals surface area (Å²) >= 11 is 0. The minimum atomic E-state index is -1.14. The molecule has 1 saturated heterocycles. The van der Waals surface area contributed by atoms with Crippen molar-refractivity contribution in [1.82, 2.24) is 0 Å². The summed E-state index contributed by atoms with van der Waals surface area (Å²) in [5, 5.41) is 28.6. The van der Waals surface area contributed by atoms with E-state index in [1.54, 1.807) is 0 Å². The first kappa shape index (κ1) is 18.4. The predicted molar refractivity (Wildman–Crippen MR) is 76.7 cm³/mol. The molecule has 0 aromatic heterocycles. The summed E-state index contributed by atoms with van der Waals surface area (Å²) in [6, 6.07) is 0. The van der Waals surface area contributed by atoms with Gasteiger partial charge in [-0.15, -0.1) is 0 Å². The Labute approximate surface area is 126 Å². The fourth-order valence-electron chi connectivity index (χ4n) is 2.36. The van der Waals surface area contributed by atoms with Gasteiger partial charge in [0.15, 0.2) is 0 Å². The predicted octanol–water partition coefficient (Wildman–Crippen LogP) is 0.762. The summed E-state index contributed by atoms with van der Waals surface area (Å²) in [5.41, 5.74) is 0. The fourth-order valence-corrected chi connectivity index (χ4v) is 2.36. The van der Waals surface area contributed by atoms with Crippen molar-refractivity contribution < 1.29 is 29.6 Å². The van der Waals surface area contributed by atoms with Gasteiger partial charge < -0.3 is 24.8 Å². The topological polar surface area (TPSA) is 96.2 Å². The van der Waals surface area contributed by atoms with E-state index in [0.717, 1.165) is 19.3 Å². The van der Waals surface area contributed by atoms with Gasteiger partial charge in [0.25, 0.3) is 0 Å². The maximum absolute atomic E-state index is 11.5. The summed E-state index contributed by atoms with van der Waals surface area (Å²) in [4.78, 5) is 11.5. The summed E-state index contributed by atoms with van der Waals surface area (Å²) in [7, 11) is 0. The van der Waals surface area contributed by atoms with Gasteiger partial charge in [-0.05, 0) is 6.42 Å². The van der Waals surface area contributed by atoms with Crippen LogP contribution in [0.25, 0.3) is 0 Å². The molecule has 1 aliphatic rings. The maximum atomic E-state index is 11.5. The Balaban J connectivity index is 2.07. The Hall–Kier alpha value is -0.690. The molecule has 1 aliphatic heterocycles. The number of unbranched alkanes of at least 4 members (excludes halogenated alkanes) is 5. The molecule has 1 fully saturated rings. The Morgan fingerprint density at radius 1 is 1.24 bits per heavy atom. The number of esters is 1. The van der Waals surface area contributed by atoms with Crippen LogP contribution < -0.4 is 0 Å². The molecule has 0 bridgehead atoms. The van der Waals surface area contributed by atoms with Crippen LogP contribution in [-0.4, -0.2) is 58.9 Å². The molecule has 3 N–H and O–H groups in total. The van der Waals surface area contributed by atoms with Gasteiger partial charge in [0.05, 0.1) is 6.61 Å². The molecule has 1 heterocycles. The lowest BCUT2D eigenvalue weighted by atomic mass is 10.1. The highest BCUT2D eigenvalue weighted by atomic mass is 16.6. The van der Waals surface area contributed by atoms with Crippen molar-refractivity contribution in [1.29, 1.82) is 0 Å². The monoisotopic (exact) mass is 304 g/mol. The maximum Gasteiger partial charge on any atom is 0.305 e. The average molecular weight is 304 g/mol. The van der Waals surface area contributed by atoms with E-state index in [2.05, 4.69) is 6.92 Å². The molecule has 0 radical (unpaired) electrons. The smallest absolute Gasteiger partial charge is 0.305 e. The van der Waals surface area contributed by atoms with Crippen LogP contribution in [0, 0.1) is 0 Å². The molecule has 21 heavy (non-hydrogen) atoms. The zero-order valence-corrected chi connectivity index (χ0v) is 12.7. The lowest BCUT2D eigenvalue weighted by Gasteiger charge is -2.20. The van der Waals surface area contributed by atoms with Gasteiger partial charge in [-0.2, -0.15) is 0 Å². The second-order valence-corrected chi connectivity index (χ2v) is 5.62. The van der Waals surface area contributed by atoms with Crippen molar-refractivity contribution in [2.45, 2.75) is 76.3 Å². The lowest BCUT2D eigenvalue weighted by molar-refractivity contribution is -0.151. The molecular weight excluding hydrogens is 276 g/mol. The molecule has 0 saturated carbocycles. The largest absolute Gasteiger partial charge is 0.463 e. The zero-order valence-electron chi connectivity index (χ0n) is 12.7. The Bertz CT molecular complexity index is 296. The number of hydrogen-bond donors (Lipinski definition) is 3. The van der Waals surface area contributed by atoms with Crippen LogP contribution in [0.1, 0.15) is 51.9 Å². The molecular formula is C15H28O6. The normalized spacial score (nSPS) is 26.8. The number of aliphatic hydroxyl groups is 3. The second kappa shape index (κ2) is 10.1. The highest BCUT2D eigenvalue weighted by Crippen LogP contribution is 2.18. The molecule has 0 spiro atoms. The van der Waals surface area contributed by atoms with Crippen LogP contribution in [0.3, 0.4) is 0 Å². The van der Waals surface area contributed by atoms with Gasteiger partial charge in [0, 0.05) is 6.42 Å². The van der Waals surface area contributed by atoms with Crippen molar-refractivity contribution in [3.63, 3.8) is 0 Å². The van der Waals surface area contributed by atoms with Gasteiger partial charge in [-0.25, -0.2) is 0 Å². The summed E-state index contributed by atoms with van der Waals surface area (Å²) < 4.78 is 10.0. The Morgan fingerprint density at radius 3 is 2.52 bits per heavy atom. The van der Waals surface area contributed by atoms with Crippen molar-refractivity contribution in [3.05, 3.63) is 0 Å². The van der Waals surface area contributed by atoms with E-state index in [1.807, 2.05) is 0 Å². The quantitative estimate of drug-likeness (QED) is 0.407. The number of carbonyl (C=O) groups is 1. The molecule has 0 amide bonds. The number of ether oxygens (including phenoxy) is 2. The van der Waals surface area contributed by atoms with Crippen LogP contribution in [0.2, 0.25) is 0 Å². The van der Waals surface area contributed by atoms with E-state index in [0.29, 0.717) is 6.42 Å². The van der Waals surface area contributed by atoms with E-state index < -0.39 is 24.4 Å². The van der Waals surface area contributed by atoms with Gasteiger partial charge in [0.1, 0.15) is 31.0 Å². The van der Waals surface area contributed by atoms with Crippen molar-refractivity contribution in [2.75, 3.05) is 13.2 Å². The van der Waals surface area contributed by atoms with Crippen molar-refractivity contribution in [3.8, 4) is 0 Å². The highest BCUT2D eigenvalue weighted by molar-refractivity contribution is 5.69. The first-order chi connectivity index (χ1) is 10.1. The molecule has 0 aliphatic carbocycles. The minimum Gasteiger partial charge on any atom is -0.463 e. The first-order valence-electron chi connectivity index (χ1n) is 7.87. The van der Waals surface area contributed by atoms with Gasteiger partial charge in [-0.1, -0.05) is 39.0 Å². The third-order valence-corrected chi connectivity index (χ3v) is 3.72. The summed E-state index contributed by atoms with van der Waals surface area (Å²) in [6.45, 7) is 1.92. The highest BCUT2D eigenvalue weighted by Gasteiger charge is 2.39. The molecule has 1 unspecified atom stereocenters. The van der Waals surface area contributed by atoms with E-state index in [4.69, 9.17) is 9.47 Å². The van der Waals surface area contributed by atoms with E-state index in [-0.39, 0.29) is 19.2 Å². The summed E-state index contributed by atoms with van der Waals surface area (Å²) in [5.74, 6) is -0.349. The standard InChI is InChI=1S/C15H28O6/c1-2-3-4-5-6-7-8-13(18)20-10-12(17)15-14(19)11(16)9-21-15/h11-12,14-17,19H,2-10H2,1H3/t11-,12?,14+,15+/m0/s1. The first-order valence-corrected chi connectivity index (χ1v) is 7.87. The van der Waals surface area contributed by atoms with Crippen molar-refractivity contribution in [2.24, 2.45) is 0 Å². The molecule has 4 atom stereocenters. The number of carbonyl (C=O) groups excluding carboxylic acids is 1. The third kappa shape index (κ3) is 6.74. The zero-order chi connectivity index (χ0) is 15.7. The third-order valence-electron chi connectivity index (χ3n) is 3.72. The number of rotatable bonds is 10. The van der Waals surface area contributed by atoms with Gasteiger partial charge >= 0.3 is 5.97 Å². The molecule has 0 aromatic rings. The van der Waals surface area contributed by atoms with Crippen LogP contribution in [0.15, 0.2) is 0 Å². The van der Waals surface area contributed by atoms with E-state index >= 15 is 0 Å². The lowest BCUT2D eigenvalue weighted by Crippen LogP contribution is -2.41. The SMILES string of the molecule is CCCCCCCCC(=O)OCC(O)[C@H]1OC[C@H](O)[C@H]1O. The molecule has 6 nitrogen and oxygen atoms in total. The summed E-state index contributed by atoms with van der Waals surface area (Å²) in [6.07, 6.45) is 2.74. The van der Waals surface area contributed by atoms with Gasteiger partial charge in [-0.3, -0.25) is 4.79 Å². The van der Waals surface area contributed by atoms with Crippen LogP contribution in [0.5, 0.6) is 0 Å². The van der Waals surface area contributed by atoms with Crippen molar-refractivity contribution >= 4 is 5.97 Å². The molecule has 124 valence electrons. The molecule has 0 aromatic carbocycles. The Kier molecular flexibility index (Phi) is 8.84. The second-order valence-electron chi connectivity index (χ2n) is 5.62. The molecule has 6 heteroatoms.